The van der Waals surface area contributed by atoms with Crippen LogP contribution in [0.15, 0.2) is 12.3 Å². The van der Waals surface area contributed by atoms with Crippen LogP contribution in [0.2, 0.25) is 0 Å². The molecule has 0 saturated heterocycles. The molecule has 0 unspecified atom stereocenters. The van der Waals surface area contributed by atoms with E-state index in [1.807, 2.05) is 30.8 Å². The highest BCUT2D eigenvalue weighted by molar-refractivity contribution is 5.81. The van der Waals surface area contributed by atoms with Crippen molar-refractivity contribution in [2.45, 2.75) is 26.3 Å². The van der Waals surface area contributed by atoms with E-state index in [9.17, 15) is 4.79 Å². The quantitative estimate of drug-likeness (QED) is 0.711. The largest absolute Gasteiger partial charge is 0.377 e. The van der Waals surface area contributed by atoms with Gasteiger partial charge < -0.3 is 4.74 Å². The van der Waals surface area contributed by atoms with Crippen molar-refractivity contribution in [3.05, 3.63) is 18.0 Å². The first-order chi connectivity index (χ1) is 6.63. The van der Waals surface area contributed by atoms with E-state index in [1.54, 1.807) is 0 Å². The number of hydrogen-bond acceptors (Lipinski definition) is 3. The smallest absolute Gasteiger partial charge is 0.164 e. The molecule has 0 atom stereocenters. The van der Waals surface area contributed by atoms with Crippen LogP contribution in [-0.2, 0) is 16.0 Å². The van der Waals surface area contributed by atoms with E-state index >= 15 is 0 Å². The Morgan fingerprint density at radius 1 is 1.64 bits per heavy atom. The molecule has 1 aromatic rings. The second-order valence-electron chi connectivity index (χ2n) is 3.53. The Kier molecular flexibility index (Phi) is 3.83. The van der Waals surface area contributed by atoms with Gasteiger partial charge in [-0.05, 0) is 19.9 Å². The summed E-state index contributed by atoms with van der Waals surface area (Å²) in [6, 6.07) is 2.20. The van der Waals surface area contributed by atoms with E-state index in [2.05, 4.69) is 5.10 Å². The highest BCUT2D eigenvalue weighted by Crippen LogP contribution is 2.04. The molecule has 78 valence electrons. The topological polar surface area (TPSA) is 44.1 Å². The average Bonchev–Trinajstić information content (AvgIpc) is 2.53. The molecule has 0 amide bonds. The lowest BCUT2D eigenvalue weighted by Gasteiger charge is -2.03. The van der Waals surface area contributed by atoms with Gasteiger partial charge >= 0.3 is 0 Å². The van der Waals surface area contributed by atoms with Crippen molar-refractivity contribution in [3.8, 4) is 0 Å². The first-order valence-corrected chi connectivity index (χ1v) is 4.68. The lowest BCUT2D eigenvalue weighted by atomic mass is 10.2. The van der Waals surface area contributed by atoms with Gasteiger partial charge in [-0.1, -0.05) is 0 Å². The number of ketones is 1. The van der Waals surface area contributed by atoms with Crippen molar-refractivity contribution in [2.24, 2.45) is 0 Å². The van der Waals surface area contributed by atoms with Gasteiger partial charge in [0.25, 0.3) is 0 Å². The van der Waals surface area contributed by atoms with Gasteiger partial charge in [-0.25, -0.2) is 0 Å². The number of carbonyl (C=O) groups excluding carboxylic acids is 1. The summed E-state index contributed by atoms with van der Waals surface area (Å²) in [6.07, 6.45) is 2.24. The minimum atomic E-state index is 0.0570. The molecule has 1 rings (SSSR count). The minimum absolute atomic E-state index is 0.0570. The summed E-state index contributed by atoms with van der Waals surface area (Å²) in [5.41, 5.74) is 0.806. The standard InChI is InChI=1S/C10H16N2O2/c1-8(2)12-5-4-9(11-12)6-10(13)7-14-3/h4-5,8H,6-7H2,1-3H3. The second kappa shape index (κ2) is 4.91. The molecule has 4 heteroatoms. The molecule has 0 fully saturated rings. The monoisotopic (exact) mass is 196 g/mol. The lowest BCUT2D eigenvalue weighted by Crippen LogP contribution is -2.11. The van der Waals surface area contributed by atoms with Crippen LogP contribution in [0.4, 0.5) is 0 Å². The van der Waals surface area contributed by atoms with Gasteiger partial charge in [0.1, 0.15) is 6.61 Å². The molecular weight excluding hydrogens is 180 g/mol. The van der Waals surface area contributed by atoms with E-state index in [0.717, 1.165) is 5.69 Å². The average molecular weight is 196 g/mol. The Labute approximate surface area is 83.9 Å². The highest BCUT2D eigenvalue weighted by atomic mass is 16.5. The third-order valence-electron chi connectivity index (χ3n) is 1.88. The SMILES string of the molecule is COCC(=O)Cc1ccn(C(C)C)n1. The fourth-order valence-electron chi connectivity index (χ4n) is 1.17. The fourth-order valence-corrected chi connectivity index (χ4v) is 1.17. The predicted molar refractivity (Wildman–Crippen MR) is 53.2 cm³/mol. The molecule has 14 heavy (non-hydrogen) atoms. The van der Waals surface area contributed by atoms with E-state index in [1.165, 1.54) is 7.11 Å². The maximum absolute atomic E-state index is 11.2. The Balaban J connectivity index is 2.55. The van der Waals surface area contributed by atoms with Crippen molar-refractivity contribution >= 4 is 5.78 Å². The minimum Gasteiger partial charge on any atom is -0.377 e. The molecule has 0 aliphatic rings. The summed E-state index contributed by atoms with van der Waals surface area (Å²) < 4.78 is 6.59. The molecule has 0 spiro atoms. The fraction of sp³-hybridized carbons (Fsp3) is 0.600. The molecule has 4 nitrogen and oxygen atoms in total. The second-order valence-corrected chi connectivity index (χ2v) is 3.53. The molecule has 0 radical (unpaired) electrons. The van der Waals surface area contributed by atoms with E-state index in [-0.39, 0.29) is 12.4 Å². The summed E-state index contributed by atoms with van der Waals surface area (Å²) in [4.78, 5) is 11.2. The van der Waals surface area contributed by atoms with Gasteiger partial charge in [0.05, 0.1) is 12.1 Å². The Hall–Kier alpha value is -1.16. The molecule has 0 aliphatic heterocycles. The molecule has 0 aliphatic carbocycles. The van der Waals surface area contributed by atoms with Crippen molar-refractivity contribution in [2.75, 3.05) is 13.7 Å². The normalized spacial score (nSPS) is 10.9. The van der Waals surface area contributed by atoms with Gasteiger partial charge in [0.15, 0.2) is 5.78 Å². The van der Waals surface area contributed by atoms with Crippen LogP contribution in [0, 0.1) is 0 Å². The van der Waals surface area contributed by atoms with Crippen molar-refractivity contribution < 1.29 is 9.53 Å². The van der Waals surface area contributed by atoms with Crippen LogP contribution in [-0.4, -0.2) is 29.3 Å². The van der Waals surface area contributed by atoms with Gasteiger partial charge in [0.2, 0.25) is 0 Å². The molecule has 1 heterocycles. The lowest BCUT2D eigenvalue weighted by molar-refractivity contribution is -0.122. The zero-order valence-corrected chi connectivity index (χ0v) is 8.86. The maximum atomic E-state index is 11.2. The number of carbonyl (C=O) groups is 1. The summed E-state index contributed by atoms with van der Waals surface area (Å²) >= 11 is 0. The zero-order chi connectivity index (χ0) is 10.6. The van der Waals surface area contributed by atoms with Crippen molar-refractivity contribution in [1.29, 1.82) is 0 Å². The van der Waals surface area contributed by atoms with Crippen LogP contribution in [0.25, 0.3) is 0 Å². The number of methoxy groups -OCH3 is 1. The third kappa shape index (κ3) is 2.96. The summed E-state index contributed by atoms with van der Waals surface area (Å²) in [6.45, 7) is 4.26. The number of Topliss-reactive ketones (excluding diaryl/α,β-unsaturated/α-hetero) is 1. The summed E-state index contributed by atoms with van der Waals surface area (Å²) in [7, 11) is 1.52. The Morgan fingerprint density at radius 2 is 2.36 bits per heavy atom. The first-order valence-electron chi connectivity index (χ1n) is 4.68. The summed E-state index contributed by atoms with van der Waals surface area (Å²) in [5, 5.41) is 4.27. The van der Waals surface area contributed by atoms with Crippen LogP contribution in [0.5, 0.6) is 0 Å². The van der Waals surface area contributed by atoms with E-state index < -0.39 is 0 Å². The highest BCUT2D eigenvalue weighted by Gasteiger charge is 2.07. The third-order valence-corrected chi connectivity index (χ3v) is 1.88. The number of rotatable bonds is 5. The van der Waals surface area contributed by atoms with Crippen molar-refractivity contribution in [1.82, 2.24) is 9.78 Å². The van der Waals surface area contributed by atoms with E-state index in [4.69, 9.17) is 4.74 Å². The van der Waals surface area contributed by atoms with Crippen LogP contribution in [0.3, 0.4) is 0 Å². The van der Waals surface area contributed by atoms with Crippen LogP contribution in [0.1, 0.15) is 25.6 Å². The molecule has 0 aromatic carbocycles. The Morgan fingerprint density at radius 3 is 2.86 bits per heavy atom. The Bertz CT molecular complexity index is 305. The molecular formula is C10H16N2O2. The number of nitrogens with zero attached hydrogens (tertiary/aromatic N) is 2. The van der Waals surface area contributed by atoms with Gasteiger partial charge in [0, 0.05) is 19.3 Å². The maximum Gasteiger partial charge on any atom is 0.164 e. The number of aromatic nitrogens is 2. The van der Waals surface area contributed by atoms with Gasteiger partial charge in [-0.15, -0.1) is 0 Å². The molecule has 0 bridgehead atoms. The summed E-state index contributed by atoms with van der Waals surface area (Å²) in [5.74, 6) is 0.0570. The van der Waals surface area contributed by atoms with Crippen LogP contribution < -0.4 is 0 Å². The molecule has 0 N–H and O–H groups in total. The first kappa shape index (κ1) is 10.9. The zero-order valence-electron chi connectivity index (χ0n) is 8.86. The van der Waals surface area contributed by atoms with E-state index in [0.29, 0.717) is 12.5 Å². The van der Waals surface area contributed by atoms with Gasteiger partial charge in [-0.3, -0.25) is 9.48 Å². The van der Waals surface area contributed by atoms with Gasteiger partial charge in [-0.2, -0.15) is 5.10 Å². The molecule has 0 saturated carbocycles. The molecule has 1 aromatic heterocycles. The number of hydrogen-bond donors (Lipinski definition) is 0. The van der Waals surface area contributed by atoms with Crippen molar-refractivity contribution in [3.63, 3.8) is 0 Å². The predicted octanol–water partition coefficient (Wildman–Crippen LogP) is 1.22. The number of ether oxygens (including phenoxy) is 1. The van der Waals surface area contributed by atoms with Crippen LogP contribution >= 0.6 is 0 Å².